The van der Waals surface area contributed by atoms with Crippen molar-refractivity contribution in [1.82, 2.24) is 0 Å². The molecule has 0 aliphatic carbocycles. The average molecular weight is 470 g/mol. The van der Waals surface area contributed by atoms with Crippen LogP contribution in [0.5, 0.6) is 0 Å². The van der Waals surface area contributed by atoms with Crippen LogP contribution in [0.2, 0.25) is 5.02 Å². The Hall–Kier alpha value is -3.36. The molecule has 0 aromatic heterocycles. The lowest BCUT2D eigenvalue weighted by Crippen LogP contribution is -2.47. The molecular formula is C23H20ClN3O4S. The largest absolute Gasteiger partial charge is 0.322 e. The standard InChI is InChI=1S/C23H20ClN3O4S/c1-15-5-8-19(14-21(15)26-23(29)17-3-2-4-18(24)13-17)25-22(28)16-6-9-20(10-7-16)27-11-12-32(27,30)31/h2-10,13-14H,11-12H2,1H3,(H,25,28)(H,26,29). The molecule has 1 fully saturated rings. The second-order valence-corrected chi connectivity index (χ2v) is 9.83. The number of anilines is 3. The van der Waals surface area contributed by atoms with E-state index in [2.05, 4.69) is 10.6 Å². The van der Waals surface area contributed by atoms with Crippen molar-refractivity contribution in [1.29, 1.82) is 0 Å². The third-order valence-corrected chi connectivity index (χ3v) is 7.13. The molecule has 3 aromatic carbocycles. The van der Waals surface area contributed by atoms with Gasteiger partial charge in [0.15, 0.2) is 0 Å². The lowest BCUT2D eigenvalue weighted by molar-refractivity contribution is 0.101. The highest BCUT2D eigenvalue weighted by Crippen LogP contribution is 2.26. The molecule has 3 aromatic rings. The summed E-state index contributed by atoms with van der Waals surface area (Å²) in [6, 6.07) is 18.2. The van der Waals surface area contributed by atoms with E-state index in [1.165, 1.54) is 4.31 Å². The van der Waals surface area contributed by atoms with Gasteiger partial charge in [-0.15, -0.1) is 0 Å². The van der Waals surface area contributed by atoms with E-state index in [-0.39, 0.29) is 17.6 Å². The van der Waals surface area contributed by atoms with E-state index in [0.717, 1.165) is 5.56 Å². The second kappa shape index (κ2) is 8.64. The fourth-order valence-corrected chi connectivity index (χ4v) is 4.56. The van der Waals surface area contributed by atoms with Crippen molar-refractivity contribution in [2.75, 3.05) is 27.2 Å². The van der Waals surface area contributed by atoms with Crippen LogP contribution in [0.3, 0.4) is 0 Å². The zero-order valence-electron chi connectivity index (χ0n) is 17.1. The van der Waals surface area contributed by atoms with E-state index in [0.29, 0.717) is 39.8 Å². The van der Waals surface area contributed by atoms with E-state index >= 15 is 0 Å². The Morgan fingerprint density at radius 3 is 2.25 bits per heavy atom. The van der Waals surface area contributed by atoms with Gasteiger partial charge in [0.25, 0.3) is 11.8 Å². The fourth-order valence-electron chi connectivity index (χ4n) is 3.26. The number of carbonyl (C=O) groups excluding carboxylic acids is 2. The molecule has 0 radical (unpaired) electrons. The maximum atomic E-state index is 12.6. The quantitative estimate of drug-likeness (QED) is 0.582. The van der Waals surface area contributed by atoms with Gasteiger partial charge in [0, 0.05) is 34.1 Å². The Balaban J connectivity index is 1.46. The van der Waals surface area contributed by atoms with E-state index in [4.69, 9.17) is 11.6 Å². The fraction of sp³-hybridized carbons (Fsp3) is 0.130. The molecule has 4 rings (SSSR count). The third-order valence-electron chi connectivity index (χ3n) is 5.14. The summed E-state index contributed by atoms with van der Waals surface area (Å²) in [6.45, 7) is 2.29. The topological polar surface area (TPSA) is 95.6 Å². The van der Waals surface area contributed by atoms with Gasteiger partial charge in [0.2, 0.25) is 10.0 Å². The minimum Gasteiger partial charge on any atom is -0.322 e. The number of halogens is 1. The molecule has 0 saturated carbocycles. The van der Waals surface area contributed by atoms with Crippen LogP contribution in [0.1, 0.15) is 26.3 Å². The van der Waals surface area contributed by atoms with Gasteiger partial charge in [-0.05, 0) is 67.1 Å². The van der Waals surface area contributed by atoms with E-state index in [1.54, 1.807) is 66.7 Å². The van der Waals surface area contributed by atoms with Crippen LogP contribution in [0.25, 0.3) is 0 Å². The van der Waals surface area contributed by atoms with Crippen molar-refractivity contribution in [3.05, 3.63) is 88.4 Å². The van der Waals surface area contributed by atoms with E-state index in [9.17, 15) is 18.0 Å². The first-order chi connectivity index (χ1) is 15.2. The molecule has 32 heavy (non-hydrogen) atoms. The number of hydrogen-bond donors (Lipinski definition) is 2. The summed E-state index contributed by atoms with van der Waals surface area (Å²) in [5.74, 6) is -0.520. The van der Waals surface area contributed by atoms with Gasteiger partial charge in [-0.1, -0.05) is 23.7 Å². The molecule has 0 bridgehead atoms. The predicted octanol–water partition coefficient (Wildman–Crippen LogP) is 4.30. The molecule has 2 amide bonds. The van der Waals surface area contributed by atoms with E-state index in [1.807, 2.05) is 6.92 Å². The first-order valence-corrected chi connectivity index (χ1v) is 11.8. The second-order valence-electron chi connectivity index (χ2n) is 7.38. The van der Waals surface area contributed by atoms with Gasteiger partial charge >= 0.3 is 0 Å². The number of benzene rings is 3. The molecule has 164 valence electrons. The highest BCUT2D eigenvalue weighted by atomic mass is 35.5. The van der Waals surface area contributed by atoms with Crippen LogP contribution in [0.15, 0.2) is 66.7 Å². The lowest BCUT2D eigenvalue weighted by Gasteiger charge is -2.32. The zero-order chi connectivity index (χ0) is 22.9. The van der Waals surface area contributed by atoms with Crippen LogP contribution < -0.4 is 14.9 Å². The first kappa shape index (κ1) is 21.9. The Labute approximate surface area is 191 Å². The Kier molecular flexibility index (Phi) is 5.90. The molecule has 1 heterocycles. The van der Waals surface area contributed by atoms with Crippen molar-refractivity contribution < 1.29 is 18.0 Å². The van der Waals surface area contributed by atoms with Crippen molar-refractivity contribution >= 4 is 50.5 Å². The number of aryl methyl sites for hydroxylation is 1. The maximum absolute atomic E-state index is 12.6. The number of amides is 2. The SMILES string of the molecule is Cc1ccc(NC(=O)c2ccc(N3CCS3(=O)=O)cc2)cc1NC(=O)c1cccc(Cl)c1. The van der Waals surface area contributed by atoms with Crippen molar-refractivity contribution in [3.8, 4) is 0 Å². The molecule has 1 aliphatic heterocycles. The van der Waals surface area contributed by atoms with E-state index < -0.39 is 10.0 Å². The minimum absolute atomic E-state index is 0.138. The number of nitrogens with one attached hydrogen (secondary N) is 2. The number of sulfonamides is 1. The van der Waals surface area contributed by atoms with Gasteiger partial charge in [0.1, 0.15) is 0 Å². The normalized spacial score (nSPS) is 14.4. The highest BCUT2D eigenvalue weighted by Gasteiger charge is 2.32. The third kappa shape index (κ3) is 4.61. The summed E-state index contributed by atoms with van der Waals surface area (Å²) in [6.07, 6.45) is 0. The van der Waals surface area contributed by atoms with Gasteiger partial charge in [0.05, 0.1) is 11.4 Å². The van der Waals surface area contributed by atoms with Crippen molar-refractivity contribution in [2.24, 2.45) is 0 Å². The summed E-state index contributed by atoms with van der Waals surface area (Å²) >= 11 is 5.96. The van der Waals surface area contributed by atoms with Crippen LogP contribution >= 0.6 is 11.6 Å². The summed E-state index contributed by atoms with van der Waals surface area (Å²) in [5, 5.41) is 6.10. The Bertz CT molecular complexity index is 1310. The van der Waals surface area contributed by atoms with Gasteiger partial charge in [-0.2, -0.15) is 0 Å². The molecule has 0 unspecified atom stereocenters. The molecule has 0 spiro atoms. The number of nitrogens with zero attached hydrogens (tertiary/aromatic N) is 1. The Morgan fingerprint density at radius 2 is 1.62 bits per heavy atom. The summed E-state index contributed by atoms with van der Waals surface area (Å²) in [4.78, 5) is 25.2. The zero-order valence-corrected chi connectivity index (χ0v) is 18.7. The number of carbonyl (C=O) groups is 2. The van der Waals surface area contributed by atoms with Crippen molar-refractivity contribution in [3.63, 3.8) is 0 Å². The molecular weight excluding hydrogens is 450 g/mol. The molecule has 7 nitrogen and oxygen atoms in total. The summed E-state index contributed by atoms with van der Waals surface area (Å²) in [5.41, 5.74) is 3.25. The van der Waals surface area contributed by atoms with Gasteiger partial charge < -0.3 is 10.6 Å². The minimum atomic E-state index is -3.21. The van der Waals surface area contributed by atoms with Gasteiger partial charge in [-0.3, -0.25) is 13.9 Å². The average Bonchev–Trinajstić information content (AvgIpc) is 2.76. The van der Waals surface area contributed by atoms with Crippen LogP contribution in [-0.2, 0) is 10.0 Å². The molecule has 2 N–H and O–H groups in total. The van der Waals surface area contributed by atoms with Crippen LogP contribution in [-0.4, -0.2) is 32.5 Å². The summed E-state index contributed by atoms with van der Waals surface area (Å²) < 4.78 is 24.8. The number of rotatable bonds is 5. The molecule has 1 saturated heterocycles. The lowest BCUT2D eigenvalue weighted by atomic mass is 10.1. The van der Waals surface area contributed by atoms with Crippen molar-refractivity contribution in [2.45, 2.75) is 6.92 Å². The predicted molar refractivity (Wildman–Crippen MR) is 126 cm³/mol. The summed E-state index contributed by atoms with van der Waals surface area (Å²) in [7, 11) is -3.21. The monoisotopic (exact) mass is 469 g/mol. The Morgan fingerprint density at radius 1 is 0.906 bits per heavy atom. The maximum Gasteiger partial charge on any atom is 0.255 e. The van der Waals surface area contributed by atoms with Crippen LogP contribution in [0.4, 0.5) is 17.1 Å². The van der Waals surface area contributed by atoms with Crippen LogP contribution in [0, 0.1) is 6.92 Å². The smallest absolute Gasteiger partial charge is 0.255 e. The first-order valence-electron chi connectivity index (χ1n) is 9.82. The number of hydrogen-bond acceptors (Lipinski definition) is 4. The molecule has 0 atom stereocenters. The molecule has 9 heteroatoms. The van der Waals surface area contributed by atoms with Gasteiger partial charge in [-0.25, -0.2) is 8.42 Å². The highest BCUT2D eigenvalue weighted by molar-refractivity contribution is 7.94. The molecule has 1 aliphatic rings.